The number of ether oxygens (including phenoxy) is 6. The molecule has 11 atom stereocenters. The summed E-state index contributed by atoms with van der Waals surface area (Å²) in [6.45, 7) is 3.49. The Balaban J connectivity index is 1.74. The maximum absolute atomic E-state index is 13.0. The van der Waals surface area contributed by atoms with E-state index in [0.29, 0.717) is 13.0 Å². The van der Waals surface area contributed by atoms with Crippen LogP contribution in [0.5, 0.6) is 0 Å². The van der Waals surface area contributed by atoms with Crippen molar-refractivity contribution >= 4 is 5.97 Å². The number of carbonyl (C=O) groups excluding carboxylic acids is 1. The zero-order chi connectivity index (χ0) is 51.6. The van der Waals surface area contributed by atoms with Crippen LogP contribution in [0.1, 0.15) is 181 Å². The predicted octanol–water partition coefficient (Wildman–Crippen LogP) is 9.08. The molecule has 2 aliphatic rings. The van der Waals surface area contributed by atoms with Gasteiger partial charge in [0.2, 0.25) is 0 Å². The molecule has 0 aliphatic carbocycles. The van der Waals surface area contributed by atoms with Crippen molar-refractivity contribution < 1.29 is 69.0 Å². The van der Waals surface area contributed by atoms with Crippen molar-refractivity contribution in [2.24, 2.45) is 0 Å². The molecule has 2 saturated heterocycles. The molecule has 2 heterocycles. The summed E-state index contributed by atoms with van der Waals surface area (Å²) in [6, 6.07) is 0. The van der Waals surface area contributed by atoms with E-state index in [1.54, 1.807) is 0 Å². The Morgan fingerprint density at radius 1 is 0.479 bits per heavy atom. The van der Waals surface area contributed by atoms with E-state index in [-0.39, 0.29) is 19.6 Å². The Kier molecular flexibility index (Phi) is 39.8. The average Bonchev–Trinajstić information content (AvgIpc) is 3.37. The lowest BCUT2D eigenvalue weighted by Gasteiger charge is -2.42. The van der Waals surface area contributed by atoms with Gasteiger partial charge in [0.05, 0.1) is 26.4 Å². The van der Waals surface area contributed by atoms with Gasteiger partial charge in [-0.25, -0.2) is 0 Å². The summed E-state index contributed by atoms with van der Waals surface area (Å²) in [7, 11) is 0. The molecule has 71 heavy (non-hydrogen) atoms. The van der Waals surface area contributed by atoms with Gasteiger partial charge in [0.15, 0.2) is 12.6 Å². The third-order valence-corrected chi connectivity index (χ3v) is 12.7. The summed E-state index contributed by atoms with van der Waals surface area (Å²) in [6.07, 6.45) is 38.3. The van der Waals surface area contributed by atoms with Crippen LogP contribution < -0.4 is 0 Å². The minimum atomic E-state index is -1.72. The van der Waals surface area contributed by atoms with E-state index in [4.69, 9.17) is 28.4 Å². The summed E-state index contributed by atoms with van der Waals surface area (Å²) in [5.41, 5.74) is 0. The van der Waals surface area contributed by atoms with Crippen LogP contribution in [0, 0.1) is 0 Å². The van der Waals surface area contributed by atoms with Gasteiger partial charge in [0.25, 0.3) is 0 Å². The highest BCUT2D eigenvalue weighted by atomic mass is 16.7. The lowest BCUT2D eigenvalue weighted by atomic mass is 9.98. The molecule has 0 aromatic rings. The highest BCUT2D eigenvalue weighted by molar-refractivity contribution is 5.69. The first-order valence-corrected chi connectivity index (χ1v) is 27.5. The van der Waals surface area contributed by atoms with Crippen LogP contribution in [0.3, 0.4) is 0 Å². The van der Waals surface area contributed by atoms with Gasteiger partial charge in [-0.05, 0) is 83.5 Å². The molecule has 0 radical (unpaired) electrons. The van der Waals surface area contributed by atoms with Gasteiger partial charge in [0.1, 0.15) is 54.9 Å². The van der Waals surface area contributed by atoms with Gasteiger partial charge in [-0.15, -0.1) is 0 Å². The standard InChI is InChI=1S/C57H98O14/c1-3-5-7-9-11-13-15-17-19-20-21-22-23-24-25-27-29-31-33-35-37-39-41-66-43-46(69-49(59)40-38-36-34-32-30-28-26-18-16-14-12-10-8-6-4-2)44-67-56-55(65)53(63)51(61)48(71-56)45-68-57-54(64)52(62)50(60)47(42-58)70-57/h6,8,12,14-15,17-18,20-21,26,30,32,46-48,50-58,60-65H,3-5,7,9-11,13,16,19,22-25,27-29,31,33-45H2,1-2H3/b8-6-,14-12-,17-15-,21-20-,26-18-,32-30-. The number of hydrogen-bond donors (Lipinski definition) is 7. The smallest absolute Gasteiger partial charge is 0.306 e. The zero-order valence-electron chi connectivity index (χ0n) is 43.7. The largest absolute Gasteiger partial charge is 0.457 e. The molecule has 14 nitrogen and oxygen atoms in total. The Morgan fingerprint density at radius 3 is 1.44 bits per heavy atom. The maximum atomic E-state index is 13.0. The maximum Gasteiger partial charge on any atom is 0.306 e. The van der Waals surface area contributed by atoms with Gasteiger partial charge in [0, 0.05) is 13.0 Å². The molecular weight excluding hydrogens is 909 g/mol. The molecule has 2 aliphatic heterocycles. The van der Waals surface area contributed by atoms with Gasteiger partial charge in [-0.2, -0.15) is 0 Å². The fourth-order valence-electron chi connectivity index (χ4n) is 8.25. The Labute approximate surface area is 427 Å². The second kappa shape index (κ2) is 43.8. The summed E-state index contributed by atoms with van der Waals surface area (Å²) in [5.74, 6) is -0.419. The molecule has 0 bridgehead atoms. The van der Waals surface area contributed by atoms with E-state index in [1.165, 1.54) is 89.9 Å². The molecule has 410 valence electrons. The molecular formula is C57H98O14. The minimum Gasteiger partial charge on any atom is -0.457 e. The van der Waals surface area contributed by atoms with Crippen LogP contribution in [0.2, 0.25) is 0 Å². The number of allylic oxidation sites excluding steroid dienone is 12. The Hall–Kier alpha value is -2.57. The van der Waals surface area contributed by atoms with Gasteiger partial charge >= 0.3 is 5.97 Å². The van der Waals surface area contributed by atoms with Crippen molar-refractivity contribution in [3.05, 3.63) is 72.9 Å². The number of unbranched alkanes of at least 4 members (excludes halogenated alkanes) is 17. The van der Waals surface area contributed by atoms with Crippen LogP contribution in [0.25, 0.3) is 0 Å². The van der Waals surface area contributed by atoms with Crippen molar-refractivity contribution in [2.75, 3.05) is 33.0 Å². The van der Waals surface area contributed by atoms with Gasteiger partial charge in [-0.3, -0.25) is 4.79 Å². The zero-order valence-corrected chi connectivity index (χ0v) is 43.7. The summed E-state index contributed by atoms with van der Waals surface area (Å²) >= 11 is 0. The molecule has 2 rings (SSSR count). The first-order valence-electron chi connectivity index (χ1n) is 27.5. The van der Waals surface area contributed by atoms with Crippen molar-refractivity contribution in [1.82, 2.24) is 0 Å². The van der Waals surface area contributed by atoms with Crippen molar-refractivity contribution in [2.45, 2.75) is 248 Å². The lowest BCUT2D eigenvalue weighted by molar-refractivity contribution is -0.332. The van der Waals surface area contributed by atoms with Gasteiger partial charge in [-0.1, -0.05) is 164 Å². The quantitative estimate of drug-likeness (QED) is 0.0173. The number of carbonyl (C=O) groups is 1. The fourth-order valence-corrected chi connectivity index (χ4v) is 8.25. The SMILES string of the molecule is CC/C=C\C/C=C\C/C=C\C/C=C\CCCCC(=O)OC(COCCCCCCCCCCCC/C=C\C/C=C\CCCCCCC)COC1OC(COC2OC(CO)C(O)C(O)C2O)C(O)C(O)C1O. The predicted molar refractivity (Wildman–Crippen MR) is 279 cm³/mol. The first kappa shape index (κ1) is 64.5. The molecule has 2 fully saturated rings. The normalized spacial score (nSPS) is 25.9. The second-order valence-corrected chi connectivity index (χ2v) is 19.0. The van der Waals surface area contributed by atoms with Crippen LogP contribution in [-0.4, -0.2) is 142 Å². The lowest BCUT2D eigenvalue weighted by Crippen LogP contribution is -2.61. The number of rotatable bonds is 43. The van der Waals surface area contributed by atoms with Crippen LogP contribution in [-0.2, 0) is 33.2 Å². The molecule has 0 amide bonds. The van der Waals surface area contributed by atoms with Crippen LogP contribution >= 0.6 is 0 Å². The first-order chi connectivity index (χ1) is 34.6. The highest BCUT2D eigenvalue weighted by Crippen LogP contribution is 2.26. The third-order valence-electron chi connectivity index (χ3n) is 12.7. The highest BCUT2D eigenvalue weighted by Gasteiger charge is 2.47. The second-order valence-electron chi connectivity index (χ2n) is 19.0. The topological polar surface area (TPSA) is 214 Å². The summed E-state index contributed by atoms with van der Waals surface area (Å²) in [4.78, 5) is 13.0. The van der Waals surface area contributed by atoms with E-state index in [9.17, 15) is 40.5 Å². The number of hydrogen-bond acceptors (Lipinski definition) is 14. The van der Waals surface area contributed by atoms with Crippen LogP contribution in [0.4, 0.5) is 0 Å². The molecule has 0 aromatic heterocycles. The summed E-state index contributed by atoms with van der Waals surface area (Å²) in [5, 5.41) is 72.2. The molecule has 0 aromatic carbocycles. The Bertz CT molecular complexity index is 1450. The number of esters is 1. The van der Waals surface area contributed by atoms with Crippen LogP contribution in [0.15, 0.2) is 72.9 Å². The van der Waals surface area contributed by atoms with E-state index in [1.807, 2.05) is 0 Å². The van der Waals surface area contributed by atoms with Crippen molar-refractivity contribution in [1.29, 1.82) is 0 Å². The third kappa shape index (κ3) is 31.0. The van der Waals surface area contributed by atoms with E-state index in [2.05, 4.69) is 86.8 Å². The molecule has 7 N–H and O–H groups in total. The number of aliphatic hydroxyl groups is 7. The minimum absolute atomic E-state index is 0.0391. The van der Waals surface area contributed by atoms with E-state index in [0.717, 1.165) is 64.2 Å². The Morgan fingerprint density at radius 2 is 0.915 bits per heavy atom. The molecule has 11 unspecified atom stereocenters. The number of aliphatic hydroxyl groups excluding tert-OH is 7. The van der Waals surface area contributed by atoms with Gasteiger partial charge < -0.3 is 64.2 Å². The monoisotopic (exact) mass is 1010 g/mol. The fraction of sp³-hybridized carbons (Fsp3) is 0.772. The van der Waals surface area contributed by atoms with Crippen molar-refractivity contribution in [3.8, 4) is 0 Å². The molecule has 0 saturated carbocycles. The molecule has 0 spiro atoms. The van der Waals surface area contributed by atoms with E-state index < -0.39 is 86.7 Å². The van der Waals surface area contributed by atoms with E-state index >= 15 is 0 Å². The summed E-state index contributed by atoms with van der Waals surface area (Å²) < 4.78 is 34.3. The average molecular weight is 1010 g/mol. The van der Waals surface area contributed by atoms with Crippen molar-refractivity contribution in [3.63, 3.8) is 0 Å². The molecule has 14 heteroatoms.